The lowest BCUT2D eigenvalue weighted by atomic mass is 9.96. The van der Waals surface area contributed by atoms with Crippen molar-refractivity contribution in [3.05, 3.63) is 32.8 Å². The van der Waals surface area contributed by atoms with Crippen molar-refractivity contribution in [3.8, 4) is 0 Å². The number of nitrogens with one attached hydrogen (secondary N) is 2. The highest BCUT2D eigenvalue weighted by Gasteiger charge is 2.48. The van der Waals surface area contributed by atoms with Gasteiger partial charge in [0.05, 0.1) is 0 Å². The number of nitrogens with zero attached hydrogens (tertiary/aromatic N) is 1. The number of hydrogen-bond acceptors (Lipinski definition) is 4. The highest BCUT2D eigenvalue weighted by molar-refractivity contribution is 5.87. The molecule has 0 spiro atoms. The first-order valence-electron chi connectivity index (χ1n) is 6.17. The van der Waals surface area contributed by atoms with E-state index >= 15 is 0 Å². The third-order valence-corrected chi connectivity index (χ3v) is 3.43. The maximum atomic E-state index is 11.9. The van der Waals surface area contributed by atoms with E-state index in [4.69, 9.17) is 0 Å². The van der Waals surface area contributed by atoms with Gasteiger partial charge in [0.15, 0.2) is 0 Å². The van der Waals surface area contributed by atoms with Crippen LogP contribution in [-0.4, -0.2) is 32.3 Å². The molecule has 1 saturated carbocycles. The van der Waals surface area contributed by atoms with Crippen LogP contribution in [0.5, 0.6) is 0 Å². The van der Waals surface area contributed by atoms with Crippen LogP contribution in [0.2, 0.25) is 0 Å². The molecule has 1 aliphatic carbocycles. The number of carbonyl (C=O) groups is 2. The van der Waals surface area contributed by atoms with E-state index in [2.05, 4.69) is 10.4 Å². The highest BCUT2D eigenvalue weighted by atomic mass is 16.4. The summed E-state index contributed by atoms with van der Waals surface area (Å²) in [6.45, 7) is 1.02. The lowest BCUT2D eigenvalue weighted by Crippen LogP contribution is -2.55. The molecule has 0 radical (unpaired) electrons. The monoisotopic (exact) mass is 281 g/mol. The van der Waals surface area contributed by atoms with Crippen molar-refractivity contribution >= 4 is 11.9 Å². The van der Waals surface area contributed by atoms with Crippen molar-refractivity contribution < 1.29 is 14.7 Å². The van der Waals surface area contributed by atoms with Crippen LogP contribution in [0.3, 0.4) is 0 Å². The predicted molar refractivity (Wildman–Crippen MR) is 68.2 cm³/mol. The Morgan fingerprint density at radius 1 is 1.45 bits per heavy atom. The molecular formula is C12H15N3O5. The largest absolute Gasteiger partial charge is 0.480 e. The van der Waals surface area contributed by atoms with E-state index in [9.17, 15) is 24.3 Å². The molecule has 1 amide bonds. The zero-order valence-corrected chi connectivity index (χ0v) is 10.9. The number of aromatic amines is 1. The van der Waals surface area contributed by atoms with Crippen LogP contribution in [0.15, 0.2) is 21.7 Å². The highest BCUT2D eigenvalue weighted by Crippen LogP contribution is 2.39. The van der Waals surface area contributed by atoms with Gasteiger partial charge in [0.25, 0.3) is 11.1 Å². The van der Waals surface area contributed by atoms with E-state index in [1.165, 1.54) is 6.92 Å². The number of carbonyl (C=O) groups excluding carboxylic acids is 1. The summed E-state index contributed by atoms with van der Waals surface area (Å²) in [6.07, 6.45) is 1.48. The Hall–Kier alpha value is -2.38. The zero-order chi connectivity index (χ0) is 14.9. The maximum absolute atomic E-state index is 11.9. The molecule has 1 aromatic heterocycles. The molecule has 1 aliphatic rings. The Bertz CT molecular complexity index is 658. The SMILES string of the molecule is CC(NC(=O)Cn1[nH]c(=O)ccc1=O)(C(=O)O)C1CC1. The zero-order valence-electron chi connectivity index (χ0n) is 10.9. The van der Waals surface area contributed by atoms with E-state index in [1.807, 2.05) is 0 Å². The van der Waals surface area contributed by atoms with Gasteiger partial charge >= 0.3 is 5.97 Å². The van der Waals surface area contributed by atoms with E-state index in [0.717, 1.165) is 29.7 Å². The summed E-state index contributed by atoms with van der Waals surface area (Å²) >= 11 is 0. The Balaban J connectivity index is 2.12. The number of amides is 1. The molecule has 1 unspecified atom stereocenters. The van der Waals surface area contributed by atoms with Crippen molar-refractivity contribution in [2.75, 3.05) is 0 Å². The first-order valence-corrected chi connectivity index (χ1v) is 6.17. The lowest BCUT2D eigenvalue weighted by molar-refractivity contribution is -0.148. The van der Waals surface area contributed by atoms with Gasteiger partial charge < -0.3 is 10.4 Å². The van der Waals surface area contributed by atoms with Crippen molar-refractivity contribution in [1.29, 1.82) is 0 Å². The summed E-state index contributed by atoms with van der Waals surface area (Å²) in [5.41, 5.74) is -2.39. The van der Waals surface area contributed by atoms with Gasteiger partial charge in [0, 0.05) is 12.1 Å². The van der Waals surface area contributed by atoms with Crippen LogP contribution >= 0.6 is 0 Å². The van der Waals surface area contributed by atoms with Gasteiger partial charge in [-0.25, -0.2) is 9.48 Å². The number of aromatic nitrogens is 2. The average Bonchev–Trinajstić information content (AvgIpc) is 3.17. The summed E-state index contributed by atoms with van der Waals surface area (Å²) in [4.78, 5) is 45.7. The molecule has 0 bridgehead atoms. The van der Waals surface area contributed by atoms with Crippen molar-refractivity contribution in [3.63, 3.8) is 0 Å². The number of aliphatic carboxylic acids is 1. The van der Waals surface area contributed by atoms with Crippen LogP contribution in [0, 0.1) is 5.92 Å². The second-order valence-electron chi connectivity index (χ2n) is 5.06. The van der Waals surface area contributed by atoms with Gasteiger partial charge in [0.1, 0.15) is 12.1 Å². The minimum absolute atomic E-state index is 0.101. The van der Waals surface area contributed by atoms with Crippen LogP contribution in [0.4, 0.5) is 0 Å². The third-order valence-electron chi connectivity index (χ3n) is 3.43. The smallest absolute Gasteiger partial charge is 0.329 e. The molecule has 8 heteroatoms. The maximum Gasteiger partial charge on any atom is 0.329 e. The summed E-state index contributed by atoms with van der Waals surface area (Å²) in [5, 5.41) is 13.9. The number of carboxylic acids is 1. The standard InChI is InChI=1S/C12H15N3O5/c1-12(11(19)20,7-2-3-7)13-9(17)6-15-10(18)5-4-8(16)14-15/h4-5,7H,2-3,6H2,1H3,(H,13,17)(H,14,16)(H,19,20). The normalized spacial score (nSPS) is 17.2. The van der Waals surface area contributed by atoms with E-state index in [-0.39, 0.29) is 5.92 Å². The number of H-pyrrole nitrogens is 1. The molecule has 1 atom stereocenters. The quantitative estimate of drug-likeness (QED) is 0.633. The first kappa shape index (κ1) is 14.0. The van der Waals surface area contributed by atoms with Gasteiger partial charge in [-0.3, -0.25) is 19.5 Å². The summed E-state index contributed by atoms with van der Waals surface area (Å²) in [6, 6.07) is 2.10. The van der Waals surface area contributed by atoms with Gasteiger partial charge in [-0.15, -0.1) is 0 Å². The fourth-order valence-electron chi connectivity index (χ4n) is 2.04. The van der Waals surface area contributed by atoms with E-state index < -0.39 is 35.1 Å². The summed E-state index contributed by atoms with van der Waals surface area (Å²) < 4.78 is 0.840. The molecule has 20 heavy (non-hydrogen) atoms. The number of rotatable bonds is 5. The molecular weight excluding hydrogens is 266 g/mol. The van der Waals surface area contributed by atoms with Gasteiger partial charge in [0.2, 0.25) is 5.91 Å². The first-order chi connectivity index (χ1) is 9.33. The third kappa shape index (κ3) is 2.79. The lowest BCUT2D eigenvalue weighted by Gasteiger charge is -2.26. The molecule has 1 fully saturated rings. The second-order valence-corrected chi connectivity index (χ2v) is 5.06. The minimum Gasteiger partial charge on any atom is -0.480 e. The predicted octanol–water partition coefficient (Wildman–Crippen LogP) is -1.09. The Morgan fingerprint density at radius 3 is 2.65 bits per heavy atom. The van der Waals surface area contributed by atoms with Gasteiger partial charge in [-0.1, -0.05) is 0 Å². The molecule has 1 heterocycles. The molecule has 0 saturated heterocycles. The second kappa shape index (κ2) is 4.95. The molecule has 1 aromatic rings. The van der Waals surface area contributed by atoms with E-state index in [0.29, 0.717) is 0 Å². The molecule has 3 N–H and O–H groups in total. The Kier molecular flexibility index (Phi) is 3.47. The average molecular weight is 281 g/mol. The van der Waals surface area contributed by atoms with Crippen LogP contribution in [-0.2, 0) is 16.1 Å². The molecule has 0 aliphatic heterocycles. The number of hydrogen-bond donors (Lipinski definition) is 3. The van der Waals surface area contributed by atoms with E-state index in [1.54, 1.807) is 0 Å². The van der Waals surface area contributed by atoms with Crippen LogP contribution in [0.25, 0.3) is 0 Å². The number of carboxylic acid groups (broad SMARTS) is 1. The van der Waals surface area contributed by atoms with Crippen molar-refractivity contribution in [2.24, 2.45) is 5.92 Å². The Morgan fingerprint density at radius 2 is 2.10 bits per heavy atom. The summed E-state index contributed by atoms with van der Waals surface area (Å²) in [5.74, 6) is -1.84. The Labute approximate surface area is 113 Å². The van der Waals surface area contributed by atoms with Crippen LogP contribution < -0.4 is 16.4 Å². The van der Waals surface area contributed by atoms with Crippen LogP contribution in [0.1, 0.15) is 19.8 Å². The molecule has 108 valence electrons. The fraction of sp³-hybridized carbons (Fsp3) is 0.500. The van der Waals surface area contributed by atoms with Gasteiger partial charge in [-0.05, 0) is 25.7 Å². The van der Waals surface area contributed by atoms with Crippen molar-refractivity contribution in [1.82, 2.24) is 15.1 Å². The van der Waals surface area contributed by atoms with Crippen molar-refractivity contribution in [2.45, 2.75) is 31.8 Å². The molecule has 8 nitrogen and oxygen atoms in total. The fourth-order valence-corrected chi connectivity index (χ4v) is 2.04. The topological polar surface area (TPSA) is 121 Å². The molecule has 0 aromatic carbocycles. The minimum atomic E-state index is -1.34. The van der Waals surface area contributed by atoms with Gasteiger partial charge in [-0.2, -0.15) is 0 Å². The molecule has 2 rings (SSSR count). The summed E-state index contributed by atoms with van der Waals surface area (Å²) in [7, 11) is 0.